The summed E-state index contributed by atoms with van der Waals surface area (Å²) in [4.78, 5) is 12.0. The second-order valence-electron chi connectivity index (χ2n) is 4.87. The molecular formula is C10H17F2N3O2. The third-order valence-corrected chi connectivity index (χ3v) is 3.56. The number of piperidine rings is 2. The Morgan fingerprint density at radius 2 is 2.18 bits per heavy atom. The molecule has 2 heterocycles. The first-order chi connectivity index (χ1) is 7.98. The van der Waals surface area contributed by atoms with Crippen molar-refractivity contribution < 1.29 is 13.7 Å². The van der Waals surface area contributed by atoms with Gasteiger partial charge in [-0.1, -0.05) is 0 Å². The van der Waals surface area contributed by atoms with Crippen molar-refractivity contribution in [3.63, 3.8) is 0 Å². The zero-order valence-electron chi connectivity index (χ0n) is 9.57. The fraction of sp³-hybridized carbons (Fsp3) is 1.00. The van der Waals surface area contributed by atoms with Crippen LogP contribution in [0.2, 0.25) is 0 Å². The van der Waals surface area contributed by atoms with Crippen LogP contribution in [0.1, 0.15) is 25.7 Å². The molecule has 0 saturated carbocycles. The van der Waals surface area contributed by atoms with Crippen molar-refractivity contribution in [2.45, 2.75) is 43.8 Å². The van der Waals surface area contributed by atoms with Crippen LogP contribution in [0.3, 0.4) is 0 Å². The van der Waals surface area contributed by atoms with Crippen LogP contribution < -0.4 is 5.32 Å². The lowest BCUT2D eigenvalue weighted by molar-refractivity contribution is -0.532. The van der Waals surface area contributed by atoms with Gasteiger partial charge in [0.2, 0.25) is 0 Å². The van der Waals surface area contributed by atoms with Crippen LogP contribution in [0.25, 0.3) is 0 Å². The molecule has 2 fully saturated rings. The summed E-state index contributed by atoms with van der Waals surface area (Å²) in [6.45, 7) is 0.898. The Hall–Kier alpha value is -0.820. The van der Waals surface area contributed by atoms with Gasteiger partial charge in [0.1, 0.15) is 0 Å². The summed E-state index contributed by atoms with van der Waals surface area (Å²) in [5.74, 6) is -2.60. The van der Waals surface area contributed by atoms with Gasteiger partial charge in [-0.2, -0.15) is 0 Å². The topological polar surface area (TPSA) is 58.4 Å². The molecule has 0 aromatic rings. The van der Waals surface area contributed by atoms with Gasteiger partial charge in [-0.3, -0.25) is 20.3 Å². The van der Waals surface area contributed by atoms with Crippen LogP contribution in [-0.2, 0) is 0 Å². The van der Waals surface area contributed by atoms with E-state index in [1.54, 1.807) is 4.90 Å². The predicted octanol–water partition coefficient (Wildman–Crippen LogP) is 1.07. The van der Waals surface area contributed by atoms with Gasteiger partial charge in [0.25, 0.3) is 12.1 Å². The SMILES string of the molecule is O=[N+]([O-])C1CCC(N2CCCC(F)(F)C2)CN1. The average Bonchev–Trinajstić information content (AvgIpc) is 2.28. The second-order valence-corrected chi connectivity index (χ2v) is 4.87. The summed E-state index contributed by atoms with van der Waals surface area (Å²) >= 11 is 0. The number of nitro groups is 1. The minimum Gasteiger partial charge on any atom is -0.293 e. The van der Waals surface area contributed by atoms with Gasteiger partial charge in [-0.05, 0) is 19.4 Å². The molecule has 5 nitrogen and oxygen atoms in total. The minimum atomic E-state index is -2.60. The molecular weight excluding hydrogens is 232 g/mol. The lowest BCUT2D eigenvalue weighted by Crippen LogP contribution is -2.55. The maximum Gasteiger partial charge on any atom is 0.266 e. The molecule has 2 unspecified atom stereocenters. The van der Waals surface area contributed by atoms with Gasteiger partial charge in [0, 0.05) is 30.4 Å². The first-order valence-corrected chi connectivity index (χ1v) is 5.97. The van der Waals surface area contributed by atoms with Crippen LogP contribution in [0.4, 0.5) is 8.78 Å². The van der Waals surface area contributed by atoms with Gasteiger partial charge >= 0.3 is 0 Å². The van der Waals surface area contributed by atoms with E-state index in [0.717, 1.165) is 0 Å². The van der Waals surface area contributed by atoms with Crippen molar-refractivity contribution in [2.75, 3.05) is 19.6 Å². The number of nitrogens with zero attached hydrogens (tertiary/aromatic N) is 2. The molecule has 2 aliphatic rings. The molecule has 98 valence electrons. The normalized spacial score (nSPS) is 34.5. The zero-order chi connectivity index (χ0) is 12.5. The van der Waals surface area contributed by atoms with E-state index in [2.05, 4.69) is 5.32 Å². The highest BCUT2D eigenvalue weighted by molar-refractivity contribution is 4.86. The quantitative estimate of drug-likeness (QED) is 0.587. The molecule has 17 heavy (non-hydrogen) atoms. The van der Waals surface area contributed by atoms with E-state index >= 15 is 0 Å². The molecule has 1 N–H and O–H groups in total. The molecule has 7 heteroatoms. The van der Waals surface area contributed by atoms with Gasteiger partial charge < -0.3 is 0 Å². The molecule has 0 radical (unpaired) electrons. The van der Waals surface area contributed by atoms with E-state index in [1.165, 1.54) is 0 Å². The molecule has 2 aliphatic heterocycles. The van der Waals surface area contributed by atoms with Gasteiger partial charge in [-0.15, -0.1) is 0 Å². The van der Waals surface area contributed by atoms with Crippen molar-refractivity contribution in [2.24, 2.45) is 0 Å². The number of rotatable bonds is 2. The zero-order valence-corrected chi connectivity index (χ0v) is 9.57. The Morgan fingerprint density at radius 1 is 1.41 bits per heavy atom. The fourth-order valence-electron chi connectivity index (χ4n) is 2.63. The Balaban J connectivity index is 1.86. The number of alkyl halides is 2. The van der Waals surface area contributed by atoms with E-state index in [1.807, 2.05) is 0 Å². The average molecular weight is 249 g/mol. The van der Waals surface area contributed by atoms with Gasteiger partial charge in [-0.25, -0.2) is 8.78 Å². The van der Waals surface area contributed by atoms with Crippen LogP contribution in [-0.4, -0.2) is 47.6 Å². The van der Waals surface area contributed by atoms with Crippen molar-refractivity contribution in [3.05, 3.63) is 10.1 Å². The molecule has 2 saturated heterocycles. The van der Waals surface area contributed by atoms with Crippen molar-refractivity contribution in [1.82, 2.24) is 10.2 Å². The molecule has 0 aromatic heterocycles. The van der Waals surface area contributed by atoms with Gasteiger partial charge in [0.05, 0.1) is 6.54 Å². The summed E-state index contributed by atoms with van der Waals surface area (Å²) < 4.78 is 26.5. The molecule has 2 atom stereocenters. The lowest BCUT2D eigenvalue weighted by Gasteiger charge is -2.40. The maximum atomic E-state index is 13.2. The first kappa shape index (κ1) is 12.6. The summed E-state index contributed by atoms with van der Waals surface area (Å²) in [5, 5.41) is 13.4. The highest BCUT2D eigenvalue weighted by Gasteiger charge is 2.39. The molecule has 0 aliphatic carbocycles. The summed E-state index contributed by atoms with van der Waals surface area (Å²) in [6.07, 6.45) is 0.786. The second kappa shape index (κ2) is 4.81. The third kappa shape index (κ3) is 3.10. The minimum absolute atomic E-state index is 0.0115. The Labute approximate surface area is 98.3 Å². The Morgan fingerprint density at radius 3 is 2.71 bits per heavy atom. The van der Waals surface area contributed by atoms with Crippen LogP contribution in [0.15, 0.2) is 0 Å². The van der Waals surface area contributed by atoms with Crippen molar-refractivity contribution >= 4 is 0 Å². The van der Waals surface area contributed by atoms with E-state index < -0.39 is 12.1 Å². The summed E-state index contributed by atoms with van der Waals surface area (Å²) in [6, 6.07) is 0.0115. The standard InChI is InChI=1S/C10H17F2N3O2/c11-10(12)4-1-5-14(7-10)8-2-3-9(13-6-8)15(16)17/h8-9,13H,1-7H2. The van der Waals surface area contributed by atoms with E-state index in [9.17, 15) is 18.9 Å². The molecule has 0 aromatic carbocycles. The smallest absolute Gasteiger partial charge is 0.266 e. The molecule has 0 spiro atoms. The summed E-state index contributed by atoms with van der Waals surface area (Å²) in [5.41, 5.74) is 0. The molecule has 0 bridgehead atoms. The van der Waals surface area contributed by atoms with E-state index in [4.69, 9.17) is 0 Å². The largest absolute Gasteiger partial charge is 0.293 e. The van der Waals surface area contributed by atoms with Crippen molar-refractivity contribution in [3.8, 4) is 0 Å². The summed E-state index contributed by atoms with van der Waals surface area (Å²) in [7, 11) is 0. The molecule has 0 amide bonds. The highest BCUT2D eigenvalue weighted by Crippen LogP contribution is 2.29. The number of hydrogen-bond donors (Lipinski definition) is 1. The Kier molecular flexibility index (Phi) is 3.58. The van der Waals surface area contributed by atoms with E-state index in [-0.39, 0.29) is 23.9 Å². The number of halogens is 2. The van der Waals surface area contributed by atoms with Crippen LogP contribution >= 0.6 is 0 Å². The van der Waals surface area contributed by atoms with Crippen LogP contribution in [0, 0.1) is 10.1 Å². The number of nitrogens with one attached hydrogen (secondary N) is 1. The fourth-order valence-corrected chi connectivity index (χ4v) is 2.63. The Bertz CT molecular complexity index is 293. The molecule has 2 rings (SSSR count). The monoisotopic (exact) mass is 249 g/mol. The first-order valence-electron chi connectivity index (χ1n) is 5.97. The van der Waals surface area contributed by atoms with Crippen molar-refractivity contribution in [1.29, 1.82) is 0 Å². The third-order valence-electron chi connectivity index (χ3n) is 3.56. The van der Waals surface area contributed by atoms with Crippen LogP contribution in [0.5, 0.6) is 0 Å². The highest BCUT2D eigenvalue weighted by atomic mass is 19.3. The van der Waals surface area contributed by atoms with Gasteiger partial charge in [0.15, 0.2) is 0 Å². The van der Waals surface area contributed by atoms with E-state index in [0.29, 0.717) is 32.4 Å². The maximum absolute atomic E-state index is 13.2. The number of hydrogen-bond acceptors (Lipinski definition) is 4. The number of likely N-dealkylation sites (tertiary alicyclic amines) is 1. The lowest BCUT2D eigenvalue weighted by atomic mass is 9.99. The predicted molar refractivity (Wildman–Crippen MR) is 57.6 cm³/mol.